The summed E-state index contributed by atoms with van der Waals surface area (Å²) in [4.78, 5) is 22.2. The highest BCUT2D eigenvalue weighted by atomic mass is 16.5. The maximum Gasteiger partial charge on any atom is 0.325 e. The summed E-state index contributed by atoms with van der Waals surface area (Å²) in [6.45, 7) is 3.40. The van der Waals surface area contributed by atoms with Gasteiger partial charge in [-0.1, -0.05) is 12.1 Å². The first kappa shape index (κ1) is 15.0. The van der Waals surface area contributed by atoms with Crippen LogP contribution >= 0.6 is 0 Å². The topological polar surface area (TPSA) is 75.6 Å². The van der Waals surface area contributed by atoms with Crippen LogP contribution in [0.3, 0.4) is 0 Å². The van der Waals surface area contributed by atoms with E-state index in [2.05, 4.69) is 5.32 Å². The SMILES string of the molecule is COc1cc(C)ccc1CCC(=O)N[C@@H](C)C(=O)O. The number of nitrogens with one attached hydrogen (secondary N) is 1. The quantitative estimate of drug-likeness (QED) is 0.817. The zero-order valence-corrected chi connectivity index (χ0v) is 11.4. The van der Waals surface area contributed by atoms with E-state index in [4.69, 9.17) is 9.84 Å². The van der Waals surface area contributed by atoms with Crippen LogP contribution in [-0.2, 0) is 16.0 Å². The third kappa shape index (κ3) is 4.62. The Bertz CT molecular complexity index is 471. The molecule has 0 spiro atoms. The number of ether oxygens (including phenoxy) is 1. The molecule has 5 nitrogen and oxygen atoms in total. The lowest BCUT2D eigenvalue weighted by molar-refractivity contribution is -0.141. The van der Waals surface area contributed by atoms with Crippen molar-refractivity contribution in [3.05, 3.63) is 29.3 Å². The summed E-state index contributed by atoms with van der Waals surface area (Å²) in [5.41, 5.74) is 2.02. The lowest BCUT2D eigenvalue weighted by Gasteiger charge is -2.11. The molecule has 1 amide bonds. The lowest BCUT2D eigenvalue weighted by Crippen LogP contribution is -2.38. The van der Waals surface area contributed by atoms with E-state index >= 15 is 0 Å². The van der Waals surface area contributed by atoms with Crippen molar-refractivity contribution in [1.82, 2.24) is 5.32 Å². The first-order chi connectivity index (χ1) is 8.93. The zero-order valence-electron chi connectivity index (χ0n) is 11.4. The first-order valence-electron chi connectivity index (χ1n) is 6.09. The molecule has 0 heterocycles. The first-order valence-corrected chi connectivity index (χ1v) is 6.09. The molecule has 0 aliphatic heterocycles. The molecule has 0 unspecified atom stereocenters. The highest BCUT2D eigenvalue weighted by molar-refractivity contribution is 5.83. The summed E-state index contributed by atoms with van der Waals surface area (Å²) in [5, 5.41) is 11.1. The van der Waals surface area contributed by atoms with Gasteiger partial charge in [-0.2, -0.15) is 0 Å². The van der Waals surface area contributed by atoms with E-state index in [9.17, 15) is 9.59 Å². The summed E-state index contributed by atoms with van der Waals surface area (Å²) in [7, 11) is 1.59. The van der Waals surface area contributed by atoms with E-state index in [1.165, 1.54) is 6.92 Å². The number of benzene rings is 1. The lowest BCUT2D eigenvalue weighted by atomic mass is 10.1. The summed E-state index contributed by atoms with van der Waals surface area (Å²) >= 11 is 0. The van der Waals surface area contributed by atoms with Gasteiger partial charge < -0.3 is 15.2 Å². The molecule has 0 saturated heterocycles. The molecule has 2 N–H and O–H groups in total. The van der Waals surface area contributed by atoms with Gasteiger partial charge >= 0.3 is 5.97 Å². The molecule has 0 aliphatic carbocycles. The second kappa shape index (κ2) is 6.78. The number of amides is 1. The minimum absolute atomic E-state index is 0.233. The van der Waals surface area contributed by atoms with E-state index in [-0.39, 0.29) is 12.3 Å². The average Bonchev–Trinajstić information content (AvgIpc) is 2.36. The highest BCUT2D eigenvalue weighted by Crippen LogP contribution is 2.21. The van der Waals surface area contributed by atoms with Crippen LogP contribution in [0, 0.1) is 6.92 Å². The van der Waals surface area contributed by atoms with Gasteiger partial charge in [-0.3, -0.25) is 9.59 Å². The second-order valence-corrected chi connectivity index (χ2v) is 4.44. The Morgan fingerprint density at radius 2 is 2.11 bits per heavy atom. The number of hydrogen-bond donors (Lipinski definition) is 2. The zero-order chi connectivity index (χ0) is 14.4. The fraction of sp³-hybridized carbons (Fsp3) is 0.429. The second-order valence-electron chi connectivity index (χ2n) is 4.44. The standard InChI is InChI=1S/C14H19NO4/c1-9-4-5-11(12(8-9)19-3)6-7-13(16)15-10(2)14(17)18/h4-5,8,10H,6-7H2,1-3H3,(H,15,16)(H,17,18)/t10-/m0/s1. The minimum atomic E-state index is -1.04. The summed E-state index contributed by atoms with van der Waals surface area (Å²) in [6, 6.07) is 4.91. The van der Waals surface area contributed by atoms with E-state index in [1.807, 2.05) is 25.1 Å². The van der Waals surface area contributed by atoms with Crippen molar-refractivity contribution < 1.29 is 19.4 Å². The number of aryl methyl sites for hydroxylation is 2. The predicted molar refractivity (Wildman–Crippen MR) is 71.3 cm³/mol. The molecule has 0 aliphatic rings. The molecule has 0 bridgehead atoms. The fourth-order valence-corrected chi connectivity index (χ4v) is 1.68. The van der Waals surface area contributed by atoms with Gasteiger partial charge in [-0.05, 0) is 37.5 Å². The van der Waals surface area contributed by atoms with Crippen molar-refractivity contribution in [3.63, 3.8) is 0 Å². The Kier molecular flexibility index (Phi) is 5.36. The Labute approximate surface area is 112 Å². The fourth-order valence-electron chi connectivity index (χ4n) is 1.68. The average molecular weight is 265 g/mol. The number of carboxylic acids is 1. The number of methoxy groups -OCH3 is 1. The third-order valence-corrected chi connectivity index (χ3v) is 2.81. The van der Waals surface area contributed by atoms with Crippen molar-refractivity contribution in [2.75, 3.05) is 7.11 Å². The van der Waals surface area contributed by atoms with Gasteiger partial charge in [0, 0.05) is 6.42 Å². The Morgan fingerprint density at radius 3 is 2.68 bits per heavy atom. The van der Waals surface area contributed by atoms with Crippen LogP contribution in [0.2, 0.25) is 0 Å². The molecular weight excluding hydrogens is 246 g/mol. The Morgan fingerprint density at radius 1 is 1.42 bits per heavy atom. The molecule has 1 aromatic carbocycles. The number of aliphatic carboxylic acids is 1. The number of rotatable bonds is 6. The van der Waals surface area contributed by atoms with E-state index < -0.39 is 12.0 Å². The van der Waals surface area contributed by atoms with Crippen LogP contribution in [0.5, 0.6) is 5.75 Å². The van der Waals surface area contributed by atoms with Crippen LogP contribution in [0.4, 0.5) is 0 Å². The molecule has 1 atom stereocenters. The van der Waals surface area contributed by atoms with E-state index in [0.717, 1.165) is 16.9 Å². The molecule has 104 valence electrons. The van der Waals surface area contributed by atoms with Crippen molar-refractivity contribution in [3.8, 4) is 5.75 Å². The summed E-state index contributed by atoms with van der Waals surface area (Å²) < 4.78 is 5.25. The molecular formula is C14H19NO4. The highest BCUT2D eigenvalue weighted by Gasteiger charge is 2.14. The smallest absolute Gasteiger partial charge is 0.325 e. The van der Waals surface area contributed by atoms with Crippen LogP contribution < -0.4 is 10.1 Å². The van der Waals surface area contributed by atoms with Crippen LogP contribution in [0.25, 0.3) is 0 Å². The van der Waals surface area contributed by atoms with E-state index in [0.29, 0.717) is 6.42 Å². The predicted octanol–water partition coefficient (Wildman–Crippen LogP) is 1.53. The Hall–Kier alpha value is -2.04. The van der Waals surface area contributed by atoms with Crippen molar-refractivity contribution >= 4 is 11.9 Å². The summed E-state index contributed by atoms with van der Waals surface area (Å²) in [5.74, 6) is -0.571. The monoisotopic (exact) mass is 265 g/mol. The van der Waals surface area contributed by atoms with Crippen molar-refractivity contribution in [2.45, 2.75) is 32.7 Å². The molecule has 0 aromatic heterocycles. The molecule has 5 heteroatoms. The van der Waals surface area contributed by atoms with Gasteiger partial charge in [0.05, 0.1) is 7.11 Å². The third-order valence-electron chi connectivity index (χ3n) is 2.81. The molecule has 19 heavy (non-hydrogen) atoms. The molecule has 0 fully saturated rings. The van der Waals surface area contributed by atoms with Crippen LogP contribution in [0.15, 0.2) is 18.2 Å². The van der Waals surface area contributed by atoms with Gasteiger partial charge in [0.1, 0.15) is 11.8 Å². The van der Waals surface area contributed by atoms with Gasteiger partial charge in [0.2, 0.25) is 5.91 Å². The van der Waals surface area contributed by atoms with E-state index in [1.54, 1.807) is 7.11 Å². The minimum Gasteiger partial charge on any atom is -0.496 e. The largest absolute Gasteiger partial charge is 0.496 e. The van der Waals surface area contributed by atoms with Crippen LogP contribution in [0.1, 0.15) is 24.5 Å². The summed E-state index contributed by atoms with van der Waals surface area (Å²) in [6.07, 6.45) is 0.749. The maximum absolute atomic E-state index is 11.6. The number of carboxylic acid groups (broad SMARTS) is 1. The molecule has 0 saturated carbocycles. The maximum atomic E-state index is 11.6. The molecule has 0 radical (unpaired) electrons. The number of hydrogen-bond acceptors (Lipinski definition) is 3. The van der Waals surface area contributed by atoms with Gasteiger partial charge in [-0.25, -0.2) is 0 Å². The van der Waals surface area contributed by atoms with Gasteiger partial charge in [0.25, 0.3) is 0 Å². The normalized spacial score (nSPS) is 11.7. The molecule has 1 aromatic rings. The van der Waals surface area contributed by atoms with Gasteiger partial charge in [0.15, 0.2) is 0 Å². The Balaban J connectivity index is 2.57. The van der Waals surface area contributed by atoms with Crippen LogP contribution in [-0.4, -0.2) is 30.1 Å². The number of carbonyl (C=O) groups is 2. The number of carbonyl (C=O) groups excluding carboxylic acids is 1. The van der Waals surface area contributed by atoms with Crippen molar-refractivity contribution in [2.24, 2.45) is 0 Å². The van der Waals surface area contributed by atoms with Gasteiger partial charge in [-0.15, -0.1) is 0 Å². The molecule has 1 rings (SSSR count). The van der Waals surface area contributed by atoms with Crippen molar-refractivity contribution in [1.29, 1.82) is 0 Å².